The van der Waals surface area contributed by atoms with E-state index in [2.05, 4.69) is 47.6 Å². The van der Waals surface area contributed by atoms with Crippen molar-refractivity contribution in [2.45, 2.75) is 62.3 Å². The lowest BCUT2D eigenvalue weighted by Crippen LogP contribution is -2.36. The Kier molecular flexibility index (Phi) is 5.74. The lowest BCUT2D eigenvalue weighted by atomic mass is 9.96. The Morgan fingerprint density at radius 1 is 1.18 bits per heavy atom. The molecule has 1 atom stereocenters. The van der Waals surface area contributed by atoms with Crippen molar-refractivity contribution in [3.63, 3.8) is 0 Å². The molecule has 0 unspecified atom stereocenters. The van der Waals surface area contributed by atoms with Gasteiger partial charge in [-0.1, -0.05) is 37.4 Å². The van der Waals surface area contributed by atoms with Gasteiger partial charge in [-0.25, -0.2) is 4.98 Å². The van der Waals surface area contributed by atoms with Gasteiger partial charge in [0.25, 0.3) is 0 Å². The maximum atomic E-state index is 12.6. The van der Waals surface area contributed by atoms with E-state index in [9.17, 15) is 9.32 Å². The van der Waals surface area contributed by atoms with Crippen LogP contribution >= 0.6 is 0 Å². The van der Waals surface area contributed by atoms with Crippen molar-refractivity contribution in [2.75, 3.05) is 35.7 Å². The van der Waals surface area contributed by atoms with E-state index in [1.54, 1.807) is 11.1 Å². The highest BCUT2D eigenvalue weighted by atomic mass is 32.2. The molecular formula is C25H34N4O2SSi. The van der Waals surface area contributed by atoms with Crippen molar-refractivity contribution in [3.05, 3.63) is 46.7 Å². The third-order valence-electron chi connectivity index (χ3n) is 6.93. The predicted octanol–water partition coefficient (Wildman–Crippen LogP) is 3.50. The largest absolute Gasteiger partial charge is 0.394 e. The molecule has 0 bridgehead atoms. The Labute approximate surface area is 200 Å². The van der Waals surface area contributed by atoms with E-state index in [-0.39, 0.29) is 6.61 Å². The van der Waals surface area contributed by atoms with Gasteiger partial charge in [0.1, 0.15) is 10.7 Å². The first kappa shape index (κ1) is 22.7. The average Bonchev–Trinajstić information content (AvgIpc) is 3.30. The van der Waals surface area contributed by atoms with Crippen LogP contribution in [-0.4, -0.2) is 58.3 Å². The number of aromatic nitrogens is 2. The molecule has 3 aliphatic rings. The molecule has 0 amide bonds. The molecular weight excluding hydrogens is 448 g/mol. The first-order chi connectivity index (χ1) is 15.6. The summed E-state index contributed by atoms with van der Waals surface area (Å²) in [6.45, 7) is 10.4. The van der Waals surface area contributed by atoms with Gasteiger partial charge in [-0.2, -0.15) is 4.98 Å². The minimum atomic E-state index is -1.10. The number of fused-ring (bicyclic) bond motifs is 2. The van der Waals surface area contributed by atoms with Gasteiger partial charge in [0.05, 0.1) is 36.7 Å². The van der Waals surface area contributed by atoms with E-state index in [4.69, 9.17) is 9.97 Å². The number of aryl methyl sites for hydroxylation is 1. The second-order valence-corrected chi connectivity index (χ2v) is 17.6. The molecule has 8 heteroatoms. The summed E-state index contributed by atoms with van der Waals surface area (Å²) in [7, 11) is -2.19. The number of aliphatic hydroxyl groups is 1. The van der Waals surface area contributed by atoms with Crippen molar-refractivity contribution in [3.8, 4) is 0 Å². The molecule has 2 aromatic rings. The third-order valence-corrected chi connectivity index (χ3v) is 11.1. The van der Waals surface area contributed by atoms with E-state index in [1.807, 2.05) is 13.8 Å². The molecule has 1 aromatic heterocycles. The van der Waals surface area contributed by atoms with Gasteiger partial charge in [-0.15, -0.1) is 0 Å². The highest BCUT2D eigenvalue weighted by molar-refractivity contribution is 7.85. The molecule has 0 spiro atoms. The van der Waals surface area contributed by atoms with Gasteiger partial charge in [0.15, 0.2) is 0 Å². The van der Waals surface area contributed by atoms with Gasteiger partial charge in [0, 0.05) is 25.3 Å². The van der Waals surface area contributed by atoms with Crippen LogP contribution in [0.2, 0.25) is 13.1 Å². The molecule has 1 aromatic carbocycles. The Balaban J connectivity index is 1.39. The molecule has 0 aliphatic carbocycles. The summed E-state index contributed by atoms with van der Waals surface area (Å²) in [5.74, 6) is 1.87. The number of nitrogens with zero attached hydrogens (tertiary/aromatic N) is 3. The fourth-order valence-corrected chi connectivity index (χ4v) is 9.31. The maximum absolute atomic E-state index is 12.6. The third kappa shape index (κ3) is 4.53. The molecule has 6 nitrogen and oxygen atoms in total. The molecule has 0 radical (unpaired) electrons. The smallest absolute Gasteiger partial charge is 0.227 e. The normalized spacial score (nSPS) is 21.5. The van der Waals surface area contributed by atoms with Crippen molar-refractivity contribution in [1.82, 2.24) is 9.97 Å². The Bertz CT molecular complexity index is 1160. The number of anilines is 2. The lowest BCUT2D eigenvalue weighted by molar-refractivity contribution is 0.233. The maximum Gasteiger partial charge on any atom is 0.227 e. The highest BCUT2D eigenvalue weighted by Crippen LogP contribution is 2.34. The van der Waals surface area contributed by atoms with Gasteiger partial charge >= 0.3 is 0 Å². The van der Waals surface area contributed by atoms with Crippen LogP contribution in [0.3, 0.4) is 0 Å². The van der Waals surface area contributed by atoms with Gasteiger partial charge < -0.3 is 15.3 Å². The standard InChI is InChI=1S/C25H34N4O2SSi/c1-25(2,16-30)28-23-22-21(9-12-32(22)31)26-24(27-23)29-10-7-17(8-11-29)18-5-6-19-14-33(3,4)15-20(19)13-18/h5-7,13,30H,8-12,14-16H2,1-4H3,(H,26,27,28)/t32-/m1/s1. The van der Waals surface area contributed by atoms with Crippen LogP contribution < -0.4 is 10.2 Å². The molecule has 33 heavy (non-hydrogen) atoms. The van der Waals surface area contributed by atoms with Crippen LogP contribution in [0.5, 0.6) is 0 Å². The molecule has 0 saturated heterocycles. The zero-order valence-corrected chi connectivity index (χ0v) is 21.9. The summed E-state index contributed by atoms with van der Waals surface area (Å²) in [6.07, 6.45) is 3.97. The minimum absolute atomic E-state index is 0.0377. The van der Waals surface area contributed by atoms with E-state index in [0.29, 0.717) is 28.8 Å². The first-order valence-corrected chi connectivity index (χ1v) is 16.6. The van der Waals surface area contributed by atoms with Crippen molar-refractivity contribution in [1.29, 1.82) is 0 Å². The van der Waals surface area contributed by atoms with Crippen LogP contribution in [-0.2, 0) is 29.3 Å². The monoisotopic (exact) mass is 482 g/mol. The lowest BCUT2D eigenvalue weighted by Gasteiger charge is -2.29. The SMILES string of the molecule is CC(C)(CO)Nc1nc(N2CC=C(c3ccc4c(c3)C[Si](C)(C)C4)CC2)nc2c1[S@](=O)CC2. The van der Waals surface area contributed by atoms with Gasteiger partial charge in [-0.05, 0) is 54.6 Å². The second-order valence-electron chi connectivity index (χ2n) is 11.0. The predicted molar refractivity (Wildman–Crippen MR) is 138 cm³/mol. The summed E-state index contributed by atoms with van der Waals surface area (Å²) in [5.41, 5.74) is 6.20. The summed E-state index contributed by atoms with van der Waals surface area (Å²) < 4.78 is 12.6. The van der Waals surface area contributed by atoms with E-state index < -0.39 is 24.4 Å². The quantitative estimate of drug-likeness (QED) is 0.635. The topological polar surface area (TPSA) is 78.3 Å². The van der Waals surface area contributed by atoms with Crippen molar-refractivity contribution in [2.24, 2.45) is 0 Å². The summed E-state index contributed by atoms with van der Waals surface area (Å²) in [6, 6.07) is 9.68. The highest BCUT2D eigenvalue weighted by Gasteiger charge is 2.32. The number of nitrogens with one attached hydrogen (secondary N) is 1. The number of rotatable bonds is 5. The van der Waals surface area contributed by atoms with E-state index in [1.165, 1.54) is 23.2 Å². The summed E-state index contributed by atoms with van der Waals surface area (Å²) in [5, 5.41) is 13.0. The molecule has 2 N–H and O–H groups in total. The first-order valence-electron chi connectivity index (χ1n) is 11.9. The van der Waals surface area contributed by atoms with Crippen LogP contribution in [0.25, 0.3) is 5.57 Å². The Hall–Kier alpha value is -2.03. The number of hydrogen-bond acceptors (Lipinski definition) is 6. The van der Waals surface area contributed by atoms with Crippen LogP contribution in [0.1, 0.15) is 42.7 Å². The van der Waals surface area contributed by atoms with Gasteiger partial charge in [0.2, 0.25) is 5.95 Å². The molecule has 0 fully saturated rings. The van der Waals surface area contributed by atoms with Gasteiger partial charge in [-0.3, -0.25) is 4.21 Å². The molecule has 176 valence electrons. The second kappa shape index (κ2) is 8.32. The minimum Gasteiger partial charge on any atom is -0.394 e. The number of hydrogen-bond donors (Lipinski definition) is 2. The number of aliphatic hydroxyl groups excluding tert-OH is 1. The molecule has 3 aliphatic heterocycles. The Morgan fingerprint density at radius 3 is 2.70 bits per heavy atom. The van der Waals surface area contributed by atoms with Crippen molar-refractivity contribution >= 4 is 36.2 Å². The van der Waals surface area contributed by atoms with Crippen LogP contribution in [0.4, 0.5) is 11.8 Å². The molecule has 4 heterocycles. The summed E-state index contributed by atoms with van der Waals surface area (Å²) in [4.78, 5) is 12.5. The van der Waals surface area contributed by atoms with Crippen LogP contribution in [0, 0.1) is 0 Å². The zero-order valence-electron chi connectivity index (χ0n) is 20.1. The van der Waals surface area contributed by atoms with Crippen LogP contribution in [0.15, 0.2) is 29.2 Å². The van der Waals surface area contributed by atoms with E-state index >= 15 is 0 Å². The Morgan fingerprint density at radius 2 is 1.97 bits per heavy atom. The average molecular weight is 483 g/mol. The fourth-order valence-electron chi connectivity index (χ4n) is 5.14. The molecule has 5 rings (SSSR count). The number of benzene rings is 1. The molecule has 0 saturated carbocycles. The zero-order chi connectivity index (χ0) is 23.4. The van der Waals surface area contributed by atoms with Crippen molar-refractivity contribution < 1.29 is 9.32 Å². The fraction of sp³-hybridized carbons (Fsp3) is 0.520. The van der Waals surface area contributed by atoms with E-state index in [0.717, 1.165) is 25.2 Å². The summed E-state index contributed by atoms with van der Waals surface area (Å²) >= 11 is 0.